The zero-order valence-corrected chi connectivity index (χ0v) is 8.48. The monoisotopic (exact) mass is 245 g/mol. The first kappa shape index (κ1) is 9.98. The third-order valence-corrected chi connectivity index (χ3v) is 2.31. The molecule has 0 spiro atoms. The second-order valence-electron chi connectivity index (χ2n) is 2.58. The third-order valence-electron chi connectivity index (χ3n) is 1.70. The minimum atomic E-state index is -1.03. The van der Waals surface area contributed by atoms with Crippen LogP contribution in [0, 0.1) is 0 Å². The molecule has 1 unspecified atom stereocenters. The Bertz CT molecular complexity index is 385. The van der Waals surface area contributed by atoms with Crippen molar-refractivity contribution in [1.82, 2.24) is 4.57 Å². The van der Waals surface area contributed by atoms with Crippen molar-refractivity contribution in [1.29, 1.82) is 0 Å². The van der Waals surface area contributed by atoms with Gasteiger partial charge in [-0.3, -0.25) is 4.79 Å². The molecule has 0 aliphatic rings. The number of rotatable bonds is 2. The Morgan fingerprint density at radius 3 is 2.85 bits per heavy atom. The highest BCUT2D eigenvalue weighted by molar-refractivity contribution is 9.10. The minimum Gasteiger partial charge on any atom is -0.480 e. The van der Waals surface area contributed by atoms with E-state index in [1.807, 2.05) is 0 Å². The van der Waals surface area contributed by atoms with Crippen molar-refractivity contribution in [2.75, 3.05) is 0 Å². The Morgan fingerprint density at radius 1 is 1.69 bits per heavy atom. The fourth-order valence-electron chi connectivity index (χ4n) is 0.907. The lowest BCUT2D eigenvalue weighted by Crippen LogP contribution is -2.27. The van der Waals surface area contributed by atoms with Gasteiger partial charge in [-0.1, -0.05) is 0 Å². The van der Waals surface area contributed by atoms with Gasteiger partial charge in [0.2, 0.25) is 0 Å². The normalized spacial score (nSPS) is 12.5. The molecule has 13 heavy (non-hydrogen) atoms. The SMILES string of the molecule is CC(C(=O)O)n1cccc(Br)c1=O. The molecule has 1 N–H and O–H groups in total. The first-order valence-corrected chi connectivity index (χ1v) is 4.43. The highest BCUT2D eigenvalue weighted by atomic mass is 79.9. The number of pyridine rings is 1. The lowest BCUT2D eigenvalue weighted by atomic mass is 10.3. The Hall–Kier alpha value is -1.10. The fraction of sp³-hybridized carbons (Fsp3) is 0.250. The summed E-state index contributed by atoms with van der Waals surface area (Å²) in [5.41, 5.74) is -0.336. The Kier molecular flexibility index (Phi) is 2.87. The van der Waals surface area contributed by atoms with Gasteiger partial charge in [0.15, 0.2) is 0 Å². The minimum absolute atomic E-state index is 0.336. The summed E-state index contributed by atoms with van der Waals surface area (Å²) in [5.74, 6) is -1.03. The molecule has 0 aliphatic heterocycles. The van der Waals surface area contributed by atoms with Gasteiger partial charge in [-0.05, 0) is 35.0 Å². The maximum atomic E-state index is 11.4. The van der Waals surface area contributed by atoms with Gasteiger partial charge >= 0.3 is 5.97 Å². The van der Waals surface area contributed by atoms with Gasteiger partial charge < -0.3 is 9.67 Å². The molecule has 0 bridgehead atoms. The van der Waals surface area contributed by atoms with Crippen LogP contribution in [0.4, 0.5) is 0 Å². The molecule has 0 radical (unpaired) electrons. The molecular formula is C8H8BrNO3. The molecule has 0 aromatic carbocycles. The highest BCUT2D eigenvalue weighted by Crippen LogP contribution is 2.06. The van der Waals surface area contributed by atoms with Crippen molar-refractivity contribution in [2.45, 2.75) is 13.0 Å². The van der Waals surface area contributed by atoms with E-state index in [4.69, 9.17) is 5.11 Å². The van der Waals surface area contributed by atoms with E-state index in [1.54, 1.807) is 12.1 Å². The van der Waals surface area contributed by atoms with Crippen LogP contribution in [0.5, 0.6) is 0 Å². The number of hydrogen-bond donors (Lipinski definition) is 1. The molecule has 1 rings (SSSR count). The summed E-state index contributed by atoms with van der Waals surface area (Å²) < 4.78 is 1.52. The second kappa shape index (κ2) is 3.74. The molecule has 4 nitrogen and oxygen atoms in total. The number of carbonyl (C=O) groups is 1. The summed E-state index contributed by atoms with van der Waals surface area (Å²) >= 11 is 3.04. The van der Waals surface area contributed by atoms with Gasteiger partial charge in [0.05, 0.1) is 4.47 Å². The van der Waals surface area contributed by atoms with E-state index in [0.29, 0.717) is 4.47 Å². The average molecular weight is 246 g/mol. The van der Waals surface area contributed by atoms with Crippen molar-refractivity contribution in [3.63, 3.8) is 0 Å². The maximum Gasteiger partial charge on any atom is 0.326 e. The quantitative estimate of drug-likeness (QED) is 0.854. The largest absolute Gasteiger partial charge is 0.480 e. The van der Waals surface area contributed by atoms with E-state index in [-0.39, 0.29) is 5.56 Å². The number of halogens is 1. The van der Waals surface area contributed by atoms with E-state index in [0.717, 1.165) is 4.57 Å². The van der Waals surface area contributed by atoms with E-state index >= 15 is 0 Å². The molecule has 1 heterocycles. The molecule has 1 atom stereocenters. The van der Waals surface area contributed by atoms with Gasteiger partial charge in [-0.15, -0.1) is 0 Å². The number of aromatic nitrogens is 1. The van der Waals surface area contributed by atoms with Crippen LogP contribution in [-0.4, -0.2) is 15.6 Å². The molecule has 1 aromatic rings. The van der Waals surface area contributed by atoms with E-state index in [2.05, 4.69) is 15.9 Å². The van der Waals surface area contributed by atoms with Crippen molar-refractivity contribution < 1.29 is 9.90 Å². The number of aliphatic carboxylic acids is 1. The zero-order valence-electron chi connectivity index (χ0n) is 6.90. The summed E-state index contributed by atoms with van der Waals surface area (Å²) in [5, 5.41) is 8.68. The van der Waals surface area contributed by atoms with Crippen molar-refractivity contribution in [2.24, 2.45) is 0 Å². The smallest absolute Gasteiger partial charge is 0.326 e. The van der Waals surface area contributed by atoms with Crippen LogP contribution >= 0.6 is 15.9 Å². The summed E-state index contributed by atoms with van der Waals surface area (Å²) in [7, 11) is 0. The van der Waals surface area contributed by atoms with Gasteiger partial charge in [-0.25, -0.2) is 4.79 Å². The summed E-state index contributed by atoms with van der Waals surface area (Å²) in [6.07, 6.45) is 1.45. The second-order valence-corrected chi connectivity index (χ2v) is 3.44. The van der Waals surface area contributed by atoms with E-state index in [9.17, 15) is 9.59 Å². The summed E-state index contributed by atoms with van der Waals surface area (Å²) in [4.78, 5) is 22.0. The molecule has 0 saturated carbocycles. The predicted octanol–water partition coefficient (Wildman–Crippen LogP) is 1.26. The average Bonchev–Trinajstić information content (AvgIpc) is 2.08. The Balaban J connectivity index is 3.23. The van der Waals surface area contributed by atoms with Crippen LogP contribution in [0.15, 0.2) is 27.6 Å². The van der Waals surface area contributed by atoms with Crippen LogP contribution in [0.1, 0.15) is 13.0 Å². The molecule has 5 heteroatoms. The van der Waals surface area contributed by atoms with Crippen LogP contribution < -0.4 is 5.56 Å². The Labute approximate surface area is 82.9 Å². The lowest BCUT2D eigenvalue weighted by Gasteiger charge is -2.09. The number of nitrogens with zero attached hydrogens (tertiary/aromatic N) is 1. The van der Waals surface area contributed by atoms with Crippen LogP contribution in [0.2, 0.25) is 0 Å². The van der Waals surface area contributed by atoms with Crippen LogP contribution in [0.3, 0.4) is 0 Å². The topological polar surface area (TPSA) is 59.3 Å². The summed E-state index contributed by atoms with van der Waals surface area (Å²) in [6, 6.07) is 2.35. The number of carboxylic acid groups (broad SMARTS) is 1. The van der Waals surface area contributed by atoms with Crippen molar-refractivity contribution in [3.8, 4) is 0 Å². The van der Waals surface area contributed by atoms with Crippen LogP contribution in [-0.2, 0) is 4.79 Å². The van der Waals surface area contributed by atoms with Gasteiger partial charge in [0, 0.05) is 6.20 Å². The van der Waals surface area contributed by atoms with E-state index < -0.39 is 12.0 Å². The van der Waals surface area contributed by atoms with Crippen molar-refractivity contribution >= 4 is 21.9 Å². The molecule has 0 fully saturated rings. The molecule has 1 aromatic heterocycles. The van der Waals surface area contributed by atoms with Crippen LogP contribution in [0.25, 0.3) is 0 Å². The zero-order chi connectivity index (χ0) is 10.0. The van der Waals surface area contributed by atoms with Gasteiger partial charge in [-0.2, -0.15) is 0 Å². The first-order chi connectivity index (χ1) is 6.04. The summed E-state index contributed by atoms with van der Waals surface area (Å²) in [6.45, 7) is 1.45. The van der Waals surface area contributed by atoms with Gasteiger partial charge in [0.25, 0.3) is 5.56 Å². The molecule has 0 amide bonds. The lowest BCUT2D eigenvalue weighted by molar-refractivity contribution is -0.140. The molecule has 70 valence electrons. The number of carboxylic acids is 1. The highest BCUT2D eigenvalue weighted by Gasteiger charge is 2.14. The van der Waals surface area contributed by atoms with E-state index in [1.165, 1.54) is 13.1 Å². The third kappa shape index (κ3) is 1.98. The Morgan fingerprint density at radius 2 is 2.31 bits per heavy atom. The molecule has 0 aliphatic carbocycles. The first-order valence-electron chi connectivity index (χ1n) is 3.63. The standard InChI is InChI=1S/C8H8BrNO3/c1-5(8(12)13)10-4-2-3-6(9)7(10)11/h2-5H,1H3,(H,12,13). The van der Waals surface area contributed by atoms with Crippen molar-refractivity contribution in [3.05, 3.63) is 33.2 Å². The molecular weight excluding hydrogens is 238 g/mol. The maximum absolute atomic E-state index is 11.4. The van der Waals surface area contributed by atoms with Gasteiger partial charge in [0.1, 0.15) is 6.04 Å². The molecule has 0 saturated heterocycles. The fourth-order valence-corrected chi connectivity index (χ4v) is 1.26. The number of hydrogen-bond acceptors (Lipinski definition) is 2. The predicted molar refractivity (Wildman–Crippen MR) is 50.7 cm³/mol.